The first-order chi connectivity index (χ1) is 45.1. The second-order valence-electron chi connectivity index (χ2n) is 23.9. The lowest BCUT2D eigenvalue weighted by atomic mass is 9.96. The van der Waals surface area contributed by atoms with Crippen LogP contribution in [0.15, 0.2) is 30.3 Å². The van der Waals surface area contributed by atoms with Gasteiger partial charge >= 0.3 is 18.2 Å². The smallest absolute Gasteiger partial charge is 0.408 e. The third-order valence-electron chi connectivity index (χ3n) is 13.9. The van der Waals surface area contributed by atoms with Gasteiger partial charge in [-0.2, -0.15) is 8.78 Å². The van der Waals surface area contributed by atoms with Crippen LogP contribution in [0.1, 0.15) is 100 Å². The molecule has 0 spiro atoms. The van der Waals surface area contributed by atoms with Crippen molar-refractivity contribution in [2.75, 3.05) is 26.2 Å². The van der Waals surface area contributed by atoms with Gasteiger partial charge in [0.05, 0.1) is 25.4 Å². The highest BCUT2D eigenvalue weighted by molar-refractivity contribution is 5.99. The summed E-state index contributed by atoms with van der Waals surface area (Å²) in [5, 5.41) is 74.4. The molecule has 33 nitrogen and oxygen atoms in total. The van der Waals surface area contributed by atoms with Crippen molar-refractivity contribution < 1.29 is 114 Å². The van der Waals surface area contributed by atoms with Gasteiger partial charge in [0, 0.05) is 13.1 Å². The van der Waals surface area contributed by atoms with Crippen molar-refractivity contribution in [3.63, 3.8) is 0 Å². The van der Waals surface area contributed by atoms with Crippen molar-refractivity contribution in [1.82, 2.24) is 58.5 Å². The molecule has 2 unspecified atom stereocenters. The van der Waals surface area contributed by atoms with Gasteiger partial charge in [0.1, 0.15) is 60.5 Å². The van der Waals surface area contributed by atoms with Crippen LogP contribution in [0.3, 0.4) is 0 Å². The Balaban J connectivity index is 2.35. The van der Waals surface area contributed by atoms with Crippen molar-refractivity contribution in [1.29, 1.82) is 5.41 Å². The zero-order valence-electron chi connectivity index (χ0n) is 54.8. The minimum atomic E-state index is -2.66. The maximum atomic E-state index is 14.5. The van der Waals surface area contributed by atoms with E-state index in [-0.39, 0.29) is 38.1 Å². The van der Waals surface area contributed by atoms with E-state index in [0.29, 0.717) is 5.56 Å². The average molecular weight is 1390 g/mol. The molecular formula is C59H87F5N14O19. The van der Waals surface area contributed by atoms with Crippen molar-refractivity contribution in [3.05, 3.63) is 65.0 Å². The van der Waals surface area contributed by atoms with E-state index < -0.39 is 223 Å². The van der Waals surface area contributed by atoms with E-state index >= 15 is 0 Å². The van der Waals surface area contributed by atoms with E-state index in [1.165, 1.54) is 19.1 Å². The van der Waals surface area contributed by atoms with Crippen LogP contribution >= 0.6 is 0 Å². The van der Waals surface area contributed by atoms with Crippen LogP contribution in [0.25, 0.3) is 0 Å². The Labute approximate surface area is 553 Å². The fourth-order valence-corrected chi connectivity index (χ4v) is 8.45. The Morgan fingerprint density at radius 3 is 1.65 bits per heavy atom. The molecule has 0 heterocycles. The van der Waals surface area contributed by atoms with E-state index in [0.717, 1.165) is 6.92 Å². The highest BCUT2D eigenvalue weighted by atomic mass is 19.2. The summed E-state index contributed by atoms with van der Waals surface area (Å²) < 4.78 is 85.4. The number of carbonyl (C=O) groups is 12. The number of hydrogen-bond acceptors (Lipinski definition) is 20. The minimum Gasteiger partial charge on any atom is -0.445 e. The predicted molar refractivity (Wildman–Crippen MR) is 329 cm³/mol. The van der Waals surface area contributed by atoms with E-state index in [2.05, 4.69) is 42.0 Å². The van der Waals surface area contributed by atoms with Gasteiger partial charge in [-0.05, 0) is 70.3 Å². The molecule has 20 N–H and O–H groups in total. The topological polar surface area (TPSA) is 522 Å². The highest BCUT2D eigenvalue weighted by Gasteiger charge is 2.40. The molecule has 542 valence electrons. The first-order valence-electron chi connectivity index (χ1n) is 30.2. The van der Waals surface area contributed by atoms with E-state index in [9.17, 15) is 99.9 Å². The largest absolute Gasteiger partial charge is 0.445 e. The van der Waals surface area contributed by atoms with Crippen LogP contribution in [0.2, 0.25) is 0 Å². The van der Waals surface area contributed by atoms with Crippen molar-refractivity contribution in [3.8, 4) is 5.75 Å². The SMILES string of the molecule is CC[C@H](C)[C@H](NC(=O)[C@@H](CCCNC(=N)N)NC(=O)[C@H](CC(C)C)NC(=O)C(NC(=O)OC(C)(C)C)[C@H](O)C(C)C)C(=O)NC(C(=O)NCC(=O)N[C@H](C(=O)N[C@@H](CO)C(=O)NC[C@H](NC(=O)OCc1ccccc1)C(=O)Oc1c(F)c(F)c(F)c(F)c1F)[C@H](O)C(N)=O)[C@H](C)O. The molecule has 2 rings (SSSR count). The summed E-state index contributed by atoms with van der Waals surface area (Å²) in [7, 11) is 0. The number of carbonyl (C=O) groups excluding carboxylic acids is 12. The number of amides is 11. The van der Waals surface area contributed by atoms with Crippen LogP contribution < -0.4 is 74.7 Å². The van der Waals surface area contributed by atoms with Crippen LogP contribution in [-0.4, -0.2) is 196 Å². The first kappa shape index (κ1) is 83.5. The quantitative estimate of drug-likeness (QED) is 0.00475. The number of nitrogens with one attached hydrogen (secondary N) is 12. The number of benzene rings is 2. The molecule has 12 atom stereocenters. The van der Waals surface area contributed by atoms with Crippen molar-refractivity contribution in [2.24, 2.45) is 29.2 Å². The molecule has 2 aromatic rings. The van der Waals surface area contributed by atoms with Gasteiger partial charge in [-0.25, -0.2) is 27.6 Å². The van der Waals surface area contributed by atoms with Gasteiger partial charge in [-0.3, -0.25) is 48.6 Å². The summed E-state index contributed by atoms with van der Waals surface area (Å²) >= 11 is 0. The maximum absolute atomic E-state index is 14.5. The number of rotatable bonds is 37. The number of primary amides is 1. The summed E-state index contributed by atoms with van der Waals surface area (Å²) in [4.78, 5) is 161. The van der Waals surface area contributed by atoms with Crippen LogP contribution in [0, 0.1) is 52.2 Å². The van der Waals surface area contributed by atoms with Crippen LogP contribution in [-0.2, 0) is 64.0 Å². The number of aliphatic hydroxyl groups is 4. The van der Waals surface area contributed by atoms with Gasteiger partial charge in [-0.15, -0.1) is 0 Å². The number of esters is 1. The fraction of sp³-hybridized carbons (Fsp3) is 0.576. The number of guanidine groups is 1. The molecule has 0 saturated carbocycles. The predicted octanol–water partition coefficient (Wildman–Crippen LogP) is -2.79. The zero-order chi connectivity index (χ0) is 73.9. The minimum absolute atomic E-state index is 0.00790. The Morgan fingerprint density at radius 2 is 1.12 bits per heavy atom. The maximum Gasteiger partial charge on any atom is 0.408 e. The Kier molecular flexibility index (Phi) is 34.0. The van der Waals surface area contributed by atoms with E-state index in [4.69, 9.17) is 26.4 Å². The second kappa shape index (κ2) is 39.5. The Morgan fingerprint density at radius 1 is 0.588 bits per heavy atom. The van der Waals surface area contributed by atoms with Gasteiger partial charge in [-0.1, -0.05) is 78.3 Å². The second-order valence-corrected chi connectivity index (χ2v) is 23.9. The summed E-state index contributed by atoms with van der Waals surface area (Å²) in [5.74, 6) is -30.7. The van der Waals surface area contributed by atoms with Crippen molar-refractivity contribution in [2.45, 2.75) is 174 Å². The molecule has 0 aromatic heterocycles. The van der Waals surface area contributed by atoms with E-state index in [1.54, 1.807) is 73.6 Å². The lowest BCUT2D eigenvalue weighted by Crippen LogP contribution is -2.63. The molecule has 11 amide bonds. The molecule has 0 aliphatic heterocycles. The third kappa shape index (κ3) is 27.6. The summed E-state index contributed by atoms with van der Waals surface area (Å²) in [6.45, 7) is 11.2. The monoisotopic (exact) mass is 1390 g/mol. The number of alkyl carbamates (subject to hydrolysis) is 2. The molecule has 0 saturated heterocycles. The number of ether oxygens (including phenoxy) is 3. The van der Waals surface area contributed by atoms with E-state index in [1.807, 2.05) is 21.3 Å². The average Bonchev–Trinajstić information content (AvgIpc) is 0.800. The lowest BCUT2D eigenvalue weighted by Gasteiger charge is -2.31. The first-order valence-corrected chi connectivity index (χ1v) is 30.2. The molecular weight excluding hydrogens is 1300 g/mol. The van der Waals surface area contributed by atoms with Crippen LogP contribution in [0.5, 0.6) is 5.75 Å². The molecule has 2 aromatic carbocycles. The van der Waals surface area contributed by atoms with Crippen LogP contribution in [0.4, 0.5) is 31.5 Å². The molecule has 0 aliphatic carbocycles. The standard InChI is InChI=1S/C59H87F5N14O19/c1-11-27(6)40(76-49(86)30(18-15-19-68-56(66)67)71-50(87)31(20-25(2)3)72-53(90)42(44(82)26(4)5)78-58(94)97-59(8,9)10)52(89)77-41(28(7)80)51(88)70-22-34(81)75-43(45(83)47(65)84)54(91)73-33(23-79)48(85)69-21-32(74-57(93)95-24-29-16-13-12-14-17-29)55(92)96-46-38(63)36(61)35(60)37(62)39(46)64/h12-14,16-17,25-28,30-33,40-45,79-80,82-83H,11,15,18-24H2,1-10H3,(H2,65,84)(H,69,85)(H,70,88)(H,71,87)(H,72,90)(H,73,91)(H,74,93)(H,75,81)(H,76,86)(H,77,89)(H,78,94)(H4,66,67,68)/t27-,28-,30+,31-,32-,33-,40-,41?,42?,43-,44+,45-/m0/s1. The lowest BCUT2D eigenvalue weighted by molar-refractivity contribution is -0.140. The van der Waals surface area contributed by atoms with Gasteiger partial charge < -0.3 is 105 Å². The molecule has 0 fully saturated rings. The number of hydrogen-bond donors (Lipinski definition) is 18. The highest BCUT2D eigenvalue weighted by Crippen LogP contribution is 2.29. The zero-order valence-corrected chi connectivity index (χ0v) is 54.8. The molecule has 0 bridgehead atoms. The third-order valence-corrected chi connectivity index (χ3v) is 13.9. The number of aliphatic hydroxyl groups excluding tert-OH is 4. The number of halogens is 5. The normalized spacial score (nSPS) is 15.0. The molecule has 38 heteroatoms. The summed E-state index contributed by atoms with van der Waals surface area (Å²) in [6.07, 6.45) is -8.46. The van der Waals surface area contributed by atoms with Gasteiger partial charge in [0.2, 0.25) is 88.0 Å². The van der Waals surface area contributed by atoms with Gasteiger partial charge in [0.25, 0.3) is 0 Å². The Bertz CT molecular complexity index is 3080. The fourth-order valence-electron chi connectivity index (χ4n) is 8.45. The Hall–Kier alpha value is -9.56. The molecule has 0 aliphatic rings. The summed E-state index contributed by atoms with van der Waals surface area (Å²) in [5.41, 5.74) is 10.0. The van der Waals surface area contributed by atoms with Crippen molar-refractivity contribution >= 4 is 77.3 Å². The van der Waals surface area contributed by atoms with Gasteiger partial charge in [0.15, 0.2) is 12.1 Å². The molecule has 0 radical (unpaired) electrons. The molecule has 97 heavy (non-hydrogen) atoms. The number of nitrogens with two attached hydrogens (primary N) is 2. The summed E-state index contributed by atoms with van der Waals surface area (Å²) in [6, 6.07) is -7.35.